The summed E-state index contributed by atoms with van der Waals surface area (Å²) >= 11 is 0. The van der Waals surface area contributed by atoms with Crippen LogP contribution in [0.2, 0.25) is 0 Å². The third-order valence-electron chi connectivity index (χ3n) is 4.82. The molecule has 0 bridgehead atoms. The van der Waals surface area contributed by atoms with Gasteiger partial charge in [-0.15, -0.1) is 0 Å². The molecule has 1 aliphatic heterocycles. The van der Waals surface area contributed by atoms with Crippen molar-refractivity contribution in [2.24, 2.45) is 11.3 Å². The van der Waals surface area contributed by atoms with Crippen molar-refractivity contribution < 1.29 is 4.79 Å². The van der Waals surface area contributed by atoms with Crippen LogP contribution >= 0.6 is 0 Å². The summed E-state index contributed by atoms with van der Waals surface area (Å²) in [6.45, 7) is 15.2. The maximum atomic E-state index is 12.8. The first kappa shape index (κ1) is 19.7. The molecular weight excluding hydrogens is 312 g/mol. The first-order valence-corrected chi connectivity index (χ1v) is 9.46. The average molecular weight is 347 g/mol. The second kappa shape index (κ2) is 7.71. The van der Waals surface area contributed by atoms with Gasteiger partial charge in [-0.3, -0.25) is 4.79 Å². The summed E-state index contributed by atoms with van der Waals surface area (Å²) in [4.78, 5) is 26.2. The Labute approximate surface area is 152 Å². The summed E-state index contributed by atoms with van der Waals surface area (Å²) in [7, 11) is 2.05. The molecule has 0 N–H and O–H groups in total. The zero-order valence-corrected chi connectivity index (χ0v) is 17.0. The van der Waals surface area contributed by atoms with E-state index >= 15 is 0 Å². The van der Waals surface area contributed by atoms with E-state index in [2.05, 4.69) is 49.5 Å². The molecule has 1 aliphatic rings. The number of fused-ring (bicyclic) bond motifs is 1. The van der Waals surface area contributed by atoms with Gasteiger partial charge in [0, 0.05) is 38.5 Å². The molecule has 0 aliphatic carbocycles. The van der Waals surface area contributed by atoms with Crippen molar-refractivity contribution >= 4 is 11.7 Å². The van der Waals surface area contributed by atoms with Crippen LogP contribution in [0.3, 0.4) is 0 Å². The van der Waals surface area contributed by atoms with Crippen LogP contribution in [0.1, 0.15) is 64.5 Å². The third-order valence-corrected chi connectivity index (χ3v) is 4.82. The third kappa shape index (κ3) is 5.16. The summed E-state index contributed by atoms with van der Waals surface area (Å²) < 4.78 is 0. The summed E-state index contributed by atoms with van der Waals surface area (Å²) in [6, 6.07) is 0. The molecular formula is C20H34N4O. The van der Waals surface area contributed by atoms with Crippen molar-refractivity contribution in [3.63, 3.8) is 0 Å². The quantitative estimate of drug-likeness (QED) is 0.817. The zero-order chi connectivity index (χ0) is 18.8. The van der Waals surface area contributed by atoms with Crippen LogP contribution in [0.15, 0.2) is 0 Å². The van der Waals surface area contributed by atoms with Crippen LogP contribution < -0.4 is 4.90 Å². The Bertz CT molecular complexity index is 621. The lowest BCUT2D eigenvalue weighted by molar-refractivity contribution is -0.133. The topological polar surface area (TPSA) is 49.3 Å². The first-order valence-electron chi connectivity index (χ1n) is 9.46. The van der Waals surface area contributed by atoms with Gasteiger partial charge in [-0.2, -0.15) is 0 Å². The SMILES string of the molecule is CCN(C)c1nc(C)nc2c1CN(C(=O)CC(C)CC(C)(C)C)CC2. The number of anilines is 1. The van der Waals surface area contributed by atoms with E-state index in [1.807, 2.05) is 18.9 Å². The van der Waals surface area contributed by atoms with Crippen molar-refractivity contribution in [2.75, 3.05) is 25.0 Å². The predicted octanol–water partition coefficient (Wildman–Crippen LogP) is 3.59. The van der Waals surface area contributed by atoms with Crippen molar-refractivity contribution in [2.45, 2.75) is 67.3 Å². The highest BCUT2D eigenvalue weighted by atomic mass is 16.2. The van der Waals surface area contributed by atoms with Crippen LogP contribution in [-0.2, 0) is 17.8 Å². The van der Waals surface area contributed by atoms with Gasteiger partial charge in [-0.1, -0.05) is 27.7 Å². The molecule has 2 rings (SSSR count). The Hall–Kier alpha value is -1.65. The Morgan fingerprint density at radius 1 is 1.32 bits per heavy atom. The van der Waals surface area contributed by atoms with E-state index in [1.165, 1.54) is 0 Å². The number of carbonyl (C=O) groups excluding carboxylic acids is 1. The van der Waals surface area contributed by atoms with Crippen molar-refractivity contribution in [1.82, 2.24) is 14.9 Å². The molecule has 1 amide bonds. The molecule has 5 heteroatoms. The Morgan fingerprint density at radius 3 is 2.60 bits per heavy atom. The molecule has 0 saturated heterocycles. The summed E-state index contributed by atoms with van der Waals surface area (Å²) in [5, 5.41) is 0. The largest absolute Gasteiger partial charge is 0.360 e. The van der Waals surface area contributed by atoms with E-state index in [0.29, 0.717) is 18.9 Å². The highest BCUT2D eigenvalue weighted by Gasteiger charge is 2.27. The van der Waals surface area contributed by atoms with Gasteiger partial charge in [0.25, 0.3) is 0 Å². The number of amides is 1. The lowest BCUT2D eigenvalue weighted by Gasteiger charge is -2.32. The number of hydrogen-bond donors (Lipinski definition) is 0. The molecule has 1 unspecified atom stereocenters. The summed E-state index contributed by atoms with van der Waals surface area (Å²) in [6.07, 6.45) is 2.51. The maximum Gasteiger partial charge on any atom is 0.223 e. The van der Waals surface area contributed by atoms with Gasteiger partial charge in [0.2, 0.25) is 5.91 Å². The first-order chi connectivity index (χ1) is 11.6. The van der Waals surface area contributed by atoms with E-state index in [4.69, 9.17) is 0 Å². The molecule has 0 radical (unpaired) electrons. The smallest absolute Gasteiger partial charge is 0.223 e. The highest BCUT2D eigenvalue weighted by molar-refractivity contribution is 5.77. The number of carbonyl (C=O) groups is 1. The van der Waals surface area contributed by atoms with Gasteiger partial charge in [0.1, 0.15) is 11.6 Å². The molecule has 1 aromatic heterocycles. The minimum absolute atomic E-state index is 0.257. The molecule has 0 aromatic carbocycles. The normalized spacial score (nSPS) is 15.7. The number of nitrogens with zero attached hydrogens (tertiary/aromatic N) is 4. The fourth-order valence-electron chi connectivity index (χ4n) is 3.74. The van der Waals surface area contributed by atoms with E-state index in [-0.39, 0.29) is 11.3 Å². The number of aromatic nitrogens is 2. The number of aryl methyl sites for hydroxylation is 1. The highest BCUT2D eigenvalue weighted by Crippen LogP contribution is 2.29. The lowest BCUT2D eigenvalue weighted by Crippen LogP contribution is -2.38. The number of rotatable bonds is 5. The Kier molecular flexibility index (Phi) is 6.07. The van der Waals surface area contributed by atoms with Crippen molar-refractivity contribution in [3.05, 3.63) is 17.1 Å². The van der Waals surface area contributed by atoms with Gasteiger partial charge in [-0.25, -0.2) is 9.97 Å². The molecule has 2 heterocycles. The zero-order valence-electron chi connectivity index (χ0n) is 17.0. The van der Waals surface area contributed by atoms with Crippen LogP contribution in [0.4, 0.5) is 5.82 Å². The fourth-order valence-corrected chi connectivity index (χ4v) is 3.74. The Morgan fingerprint density at radius 2 is 2.00 bits per heavy atom. The molecule has 5 nitrogen and oxygen atoms in total. The molecule has 0 fully saturated rings. The van der Waals surface area contributed by atoms with Gasteiger partial charge in [0.05, 0.1) is 12.2 Å². The van der Waals surface area contributed by atoms with E-state index < -0.39 is 0 Å². The second-order valence-corrected chi connectivity index (χ2v) is 8.67. The van der Waals surface area contributed by atoms with Crippen LogP contribution in [0.25, 0.3) is 0 Å². The second-order valence-electron chi connectivity index (χ2n) is 8.67. The van der Waals surface area contributed by atoms with Crippen molar-refractivity contribution in [3.8, 4) is 0 Å². The lowest BCUT2D eigenvalue weighted by atomic mass is 9.84. The van der Waals surface area contributed by atoms with E-state index in [9.17, 15) is 4.79 Å². The van der Waals surface area contributed by atoms with E-state index in [0.717, 1.165) is 48.8 Å². The molecule has 140 valence electrons. The minimum Gasteiger partial charge on any atom is -0.360 e. The van der Waals surface area contributed by atoms with Gasteiger partial charge in [0.15, 0.2) is 0 Å². The Balaban J connectivity index is 2.13. The summed E-state index contributed by atoms with van der Waals surface area (Å²) in [5.74, 6) is 2.45. The van der Waals surface area contributed by atoms with E-state index in [1.54, 1.807) is 0 Å². The van der Waals surface area contributed by atoms with Crippen LogP contribution in [0.5, 0.6) is 0 Å². The average Bonchev–Trinajstić information content (AvgIpc) is 2.50. The fraction of sp³-hybridized carbons (Fsp3) is 0.750. The van der Waals surface area contributed by atoms with Gasteiger partial charge < -0.3 is 9.80 Å². The molecule has 0 spiro atoms. The molecule has 25 heavy (non-hydrogen) atoms. The van der Waals surface area contributed by atoms with Gasteiger partial charge >= 0.3 is 0 Å². The van der Waals surface area contributed by atoms with Gasteiger partial charge in [-0.05, 0) is 31.6 Å². The molecule has 0 saturated carbocycles. The molecule has 1 atom stereocenters. The molecule has 1 aromatic rings. The minimum atomic E-state index is 0.257. The number of hydrogen-bond acceptors (Lipinski definition) is 4. The monoisotopic (exact) mass is 346 g/mol. The van der Waals surface area contributed by atoms with Crippen LogP contribution in [0, 0.1) is 18.3 Å². The maximum absolute atomic E-state index is 12.8. The van der Waals surface area contributed by atoms with Crippen LogP contribution in [-0.4, -0.2) is 40.9 Å². The standard InChI is InChI=1S/C20H34N4O/c1-8-23(7)19-16-13-24(10-9-17(16)21-15(3)22-19)18(25)11-14(2)12-20(4,5)6/h14H,8-13H2,1-7H3. The predicted molar refractivity (Wildman–Crippen MR) is 103 cm³/mol. The van der Waals surface area contributed by atoms with Crippen molar-refractivity contribution in [1.29, 1.82) is 0 Å². The summed E-state index contributed by atoms with van der Waals surface area (Å²) in [5.41, 5.74) is 2.49.